The van der Waals surface area contributed by atoms with Crippen LogP contribution in [0, 0.1) is 0 Å². The van der Waals surface area contributed by atoms with Crippen molar-refractivity contribution in [1.29, 1.82) is 0 Å². The van der Waals surface area contributed by atoms with Crippen molar-refractivity contribution in [2.45, 2.75) is 19.4 Å². The molecular weight excluding hydrogens is 250 g/mol. The Kier molecular flexibility index (Phi) is 3.36. The number of benzene rings is 2. The molecule has 2 N–H and O–H groups in total. The van der Waals surface area contributed by atoms with Crippen molar-refractivity contribution in [2.24, 2.45) is 5.73 Å². The molecule has 0 saturated carbocycles. The van der Waals surface area contributed by atoms with Crippen LogP contribution >= 0.6 is 11.3 Å². The average Bonchev–Trinajstić information content (AvgIpc) is 2.94. The van der Waals surface area contributed by atoms with Crippen LogP contribution in [-0.2, 0) is 6.42 Å². The molecule has 0 bridgehead atoms. The number of hydrogen-bond acceptors (Lipinski definition) is 2. The van der Waals surface area contributed by atoms with E-state index >= 15 is 0 Å². The number of nitrogens with two attached hydrogens (primary N) is 1. The summed E-state index contributed by atoms with van der Waals surface area (Å²) in [4.78, 5) is 1.29. The van der Waals surface area contributed by atoms with Crippen LogP contribution in [0.3, 0.4) is 0 Å². The highest BCUT2D eigenvalue weighted by Crippen LogP contribution is 2.29. The minimum Gasteiger partial charge on any atom is -0.320 e. The van der Waals surface area contributed by atoms with E-state index in [0.717, 1.165) is 6.42 Å². The highest BCUT2D eigenvalue weighted by atomic mass is 32.1. The van der Waals surface area contributed by atoms with Gasteiger partial charge in [-0.2, -0.15) is 0 Å². The van der Waals surface area contributed by atoms with Crippen LogP contribution in [0.25, 0.3) is 10.8 Å². The van der Waals surface area contributed by atoms with Gasteiger partial charge in [0.25, 0.3) is 0 Å². The van der Waals surface area contributed by atoms with Crippen LogP contribution in [0.5, 0.6) is 0 Å². The van der Waals surface area contributed by atoms with Crippen molar-refractivity contribution < 1.29 is 0 Å². The third-order valence-electron chi connectivity index (χ3n) is 3.58. The zero-order valence-corrected chi connectivity index (χ0v) is 11.8. The number of fused-ring (bicyclic) bond motifs is 1. The van der Waals surface area contributed by atoms with E-state index in [4.69, 9.17) is 5.73 Å². The summed E-state index contributed by atoms with van der Waals surface area (Å²) in [6.07, 6.45) is 1.04. The molecule has 0 aliphatic rings. The van der Waals surface area contributed by atoms with Crippen molar-refractivity contribution in [1.82, 2.24) is 0 Å². The van der Waals surface area contributed by atoms with Crippen molar-refractivity contribution in [3.63, 3.8) is 0 Å². The predicted octanol–water partition coefficient (Wildman–Crippen LogP) is 4.51. The quantitative estimate of drug-likeness (QED) is 0.742. The fourth-order valence-corrected chi connectivity index (χ4v) is 3.49. The van der Waals surface area contributed by atoms with E-state index in [-0.39, 0.29) is 6.04 Å². The lowest BCUT2D eigenvalue weighted by atomic mass is 9.99. The van der Waals surface area contributed by atoms with Gasteiger partial charge < -0.3 is 5.73 Å². The molecular formula is C17H17NS. The largest absolute Gasteiger partial charge is 0.320 e. The topological polar surface area (TPSA) is 26.0 Å². The zero-order chi connectivity index (χ0) is 13.2. The summed E-state index contributed by atoms with van der Waals surface area (Å²) in [6, 6.07) is 17.1. The number of aryl methyl sites for hydroxylation is 1. The van der Waals surface area contributed by atoms with Gasteiger partial charge in [0, 0.05) is 4.88 Å². The molecule has 0 aliphatic heterocycles. The molecule has 19 heavy (non-hydrogen) atoms. The number of hydrogen-bond donors (Lipinski definition) is 1. The van der Waals surface area contributed by atoms with Crippen LogP contribution < -0.4 is 5.73 Å². The Bertz CT molecular complexity index is 699. The lowest BCUT2D eigenvalue weighted by Gasteiger charge is -2.13. The third kappa shape index (κ3) is 2.29. The van der Waals surface area contributed by atoms with Gasteiger partial charge in [-0.05, 0) is 45.8 Å². The van der Waals surface area contributed by atoms with Gasteiger partial charge in [-0.15, -0.1) is 11.3 Å². The second-order valence-electron chi connectivity index (χ2n) is 4.75. The molecule has 0 amide bonds. The molecule has 1 nitrogen and oxygen atoms in total. The lowest BCUT2D eigenvalue weighted by Crippen LogP contribution is -2.11. The van der Waals surface area contributed by atoms with Gasteiger partial charge in [0.15, 0.2) is 0 Å². The van der Waals surface area contributed by atoms with E-state index in [2.05, 4.69) is 60.8 Å². The second kappa shape index (κ2) is 5.16. The highest BCUT2D eigenvalue weighted by Gasteiger charge is 2.14. The van der Waals surface area contributed by atoms with Gasteiger partial charge in [0.05, 0.1) is 6.04 Å². The van der Waals surface area contributed by atoms with E-state index in [1.165, 1.54) is 26.8 Å². The van der Waals surface area contributed by atoms with Gasteiger partial charge in [0.1, 0.15) is 0 Å². The molecule has 0 aliphatic carbocycles. The first-order chi connectivity index (χ1) is 9.29. The molecule has 0 spiro atoms. The maximum absolute atomic E-state index is 6.44. The maximum atomic E-state index is 6.44. The predicted molar refractivity (Wildman–Crippen MR) is 83.7 cm³/mol. The van der Waals surface area contributed by atoms with E-state index in [1.807, 2.05) is 0 Å². The van der Waals surface area contributed by atoms with Crippen LogP contribution in [0.2, 0.25) is 0 Å². The smallest absolute Gasteiger partial charge is 0.0649 e. The normalized spacial score (nSPS) is 12.7. The van der Waals surface area contributed by atoms with Crippen LogP contribution in [0.1, 0.15) is 29.0 Å². The molecule has 1 heterocycles. The van der Waals surface area contributed by atoms with E-state index in [9.17, 15) is 0 Å². The van der Waals surface area contributed by atoms with Gasteiger partial charge in [-0.3, -0.25) is 0 Å². The Morgan fingerprint density at radius 2 is 1.84 bits per heavy atom. The first-order valence-electron chi connectivity index (χ1n) is 6.60. The highest BCUT2D eigenvalue weighted by molar-refractivity contribution is 7.10. The lowest BCUT2D eigenvalue weighted by molar-refractivity contribution is 0.876. The molecule has 0 fully saturated rings. The molecule has 1 aromatic heterocycles. The fourth-order valence-electron chi connectivity index (χ4n) is 2.47. The Hall–Kier alpha value is -1.64. The molecule has 2 aromatic carbocycles. The van der Waals surface area contributed by atoms with Gasteiger partial charge >= 0.3 is 0 Å². The fraction of sp³-hybridized carbons (Fsp3) is 0.176. The molecule has 1 unspecified atom stereocenters. The Labute approximate surface area is 117 Å². The standard InChI is InChI=1S/C17H17NS/c1-2-12-9-10-19-17(12)16(18)15-8-7-13-5-3-4-6-14(13)11-15/h3-11,16H,2,18H2,1H3. The summed E-state index contributed by atoms with van der Waals surface area (Å²) in [5.74, 6) is 0. The Morgan fingerprint density at radius 1 is 1.05 bits per heavy atom. The van der Waals surface area contributed by atoms with E-state index in [1.54, 1.807) is 11.3 Å². The summed E-state index contributed by atoms with van der Waals surface area (Å²) >= 11 is 1.76. The SMILES string of the molecule is CCc1ccsc1C(N)c1ccc2ccccc2c1. The Morgan fingerprint density at radius 3 is 2.63 bits per heavy atom. The second-order valence-corrected chi connectivity index (χ2v) is 5.70. The molecule has 0 radical (unpaired) electrons. The maximum Gasteiger partial charge on any atom is 0.0649 e. The number of rotatable bonds is 3. The molecule has 3 aromatic rings. The summed E-state index contributed by atoms with van der Waals surface area (Å²) in [5, 5.41) is 4.65. The summed E-state index contributed by atoms with van der Waals surface area (Å²) < 4.78 is 0. The first-order valence-corrected chi connectivity index (χ1v) is 7.48. The number of thiophene rings is 1. The molecule has 3 rings (SSSR count). The third-order valence-corrected chi connectivity index (χ3v) is 4.62. The molecule has 2 heteroatoms. The Balaban J connectivity index is 2.04. The van der Waals surface area contributed by atoms with Crippen molar-refractivity contribution in [3.05, 3.63) is 69.9 Å². The summed E-state index contributed by atoms with van der Waals surface area (Å²) in [6.45, 7) is 2.18. The summed E-state index contributed by atoms with van der Waals surface area (Å²) in [5.41, 5.74) is 9.00. The monoisotopic (exact) mass is 267 g/mol. The van der Waals surface area contributed by atoms with Gasteiger partial charge in [-0.25, -0.2) is 0 Å². The minimum absolute atomic E-state index is 0.0143. The molecule has 96 valence electrons. The summed E-state index contributed by atoms with van der Waals surface area (Å²) in [7, 11) is 0. The van der Waals surface area contributed by atoms with Crippen molar-refractivity contribution >= 4 is 22.1 Å². The van der Waals surface area contributed by atoms with Crippen LogP contribution in [-0.4, -0.2) is 0 Å². The van der Waals surface area contributed by atoms with Gasteiger partial charge in [-0.1, -0.05) is 43.3 Å². The van der Waals surface area contributed by atoms with E-state index < -0.39 is 0 Å². The van der Waals surface area contributed by atoms with Crippen LogP contribution in [0.15, 0.2) is 53.9 Å². The van der Waals surface area contributed by atoms with Crippen molar-refractivity contribution in [3.8, 4) is 0 Å². The zero-order valence-electron chi connectivity index (χ0n) is 11.0. The van der Waals surface area contributed by atoms with E-state index in [0.29, 0.717) is 0 Å². The van der Waals surface area contributed by atoms with Crippen LogP contribution in [0.4, 0.5) is 0 Å². The van der Waals surface area contributed by atoms with Crippen molar-refractivity contribution in [2.75, 3.05) is 0 Å². The molecule has 1 atom stereocenters. The first kappa shape index (κ1) is 12.4. The molecule has 0 saturated heterocycles. The van der Waals surface area contributed by atoms with Gasteiger partial charge in [0.2, 0.25) is 0 Å². The minimum atomic E-state index is -0.0143. The average molecular weight is 267 g/mol.